The Balaban J connectivity index is 1.82. The molecule has 0 aromatic heterocycles. The topological polar surface area (TPSA) is 86.8 Å². The van der Waals surface area contributed by atoms with Crippen LogP contribution in [0.4, 0.5) is 5.69 Å². The molecular weight excluding hydrogens is 617 g/mol. The third-order valence-corrected chi connectivity index (χ3v) is 9.74. The fraction of sp³-hybridized carbons (Fsp3) is 0.235. The van der Waals surface area contributed by atoms with Crippen LogP contribution in [0.5, 0.6) is 0 Å². The molecule has 230 valence electrons. The molecule has 4 rings (SSSR count). The number of hydrogen-bond acceptors (Lipinski definition) is 4. The number of nitrogens with one attached hydrogen (secondary N) is 1. The normalized spacial score (nSPS) is 11.9. The van der Waals surface area contributed by atoms with Gasteiger partial charge in [0.15, 0.2) is 0 Å². The Morgan fingerprint density at radius 1 is 0.818 bits per heavy atom. The Labute approximate surface area is 269 Å². The van der Waals surface area contributed by atoms with Crippen molar-refractivity contribution in [3.63, 3.8) is 0 Å². The molecule has 1 N–H and O–H groups in total. The molecule has 4 aromatic carbocycles. The lowest BCUT2D eigenvalue weighted by Crippen LogP contribution is -2.53. The van der Waals surface area contributed by atoms with E-state index < -0.39 is 28.5 Å². The van der Waals surface area contributed by atoms with Crippen molar-refractivity contribution in [3.8, 4) is 0 Å². The number of benzene rings is 4. The number of anilines is 1. The van der Waals surface area contributed by atoms with Gasteiger partial charge in [0, 0.05) is 19.5 Å². The SMILES string of the molecule is CCNC(=O)[C@@H](Cc1ccccc1)N(Cc1ccc(Cl)c(Cl)c1)C(=O)CN(c1ccccc1C)S(=O)(=O)c1ccc(C)cc1. The summed E-state index contributed by atoms with van der Waals surface area (Å²) in [6.07, 6.45) is 0.217. The predicted molar refractivity (Wildman–Crippen MR) is 177 cm³/mol. The standard InChI is InChI=1S/C34H35Cl2N3O4S/c1-4-37-34(41)32(21-26-11-6-5-7-12-26)38(22-27-16-19-29(35)30(36)20-27)33(40)23-39(31-13-9-8-10-25(31)3)44(42,43)28-17-14-24(2)15-18-28/h5-20,32H,4,21-23H2,1-3H3,(H,37,41)/t32-/m1/s1. The van der Waals surface area contributed by atoms with Gasteiger partial charge >= 0.3 is 0 Å². The zero-order chi connectivity index (χ0) is 31.9. The van der Waals surface area contributed by atoms with Crippen molar-refractivity contribution in [2.24, 2.45) is 0 Å². The average Bonchev–Trinajstić information content (AvgIpc) is 3.00. The molecule has 10 heteroatoms. The number of likely N-dealkylation sites (N-methyl/N-ethyl adjacent to an activating group) is 1. The number of rotatable bonds is 12. The lowest BCUT2D eigenvalue weighted by Gasteiger charge is -2.34. The maximum Gasteiger partial charge on any atom is 0.264 e. The number of carbonyl (C=O) groups is 2. The maximum absolute atomic E-state index is 14.4. The molecule has 4 aromatic rings. The minimum absolute atomic E-state index is 0.00342. The number of hydrogen-bond donors (Lipinski definition) is 1. The number of carbonyl (C=O) groups excluding carboxylic acids is 2. The summed E-state index contributed by atoms with van der Waals surface area (Å²) in [6.45, 7) is 5.28. The lowest BCUT2D eigenvalue weighted by atomic mass is 10.0. The van der Waals surface area contributed by atoms with Gasteiger partial charge in [0.05, 0.1) is 20.6 Å². The molecule has 0 heterocycles. The summed E-state index contributed by atoms with van der Waals surface area (Å²) in [6, 6.07) is 26.9. The Morgan fingerprint density at radius 2 is 1.48 bits per heavy atom. The van der Waals surface area contributed by atoms with E-state index in [4.69, 9.17) is 23.2 Å². The van der Waals surface area contributed by atoms with Crippen molar-refractivity contribution in [1.29, 1.82) is 0 Å². The van der Waals surface area contributed by atoms with E-state index in [1.807, 2.05) is 37.3 Å². The van der Waals surface area contributed by atoms with Gasteiger partial charge < -0.3 is 10.2 Å². The first-order valence-corrected chi connectivity index (χ1v) is 16.4. The van der Waals surface area contributed by atoms with Crippen molar-refractivity contribution in [3.05, 3.63) is 129 Å². The quantitative estimate of drug-likeness (QED) is 0.187. The van der Waals surface area contributed by atoms with E-state index in [1.54, 1.807) is 68.4 Å². The lowest BCUT2D eigenvalue weighted by molar-refractivity contribution is -0.140. The summed E-state index contributed by atoms with van der Waals surface area (Å²) >= 11 is 12.5. The number of para-hydroxylation sites is 1. The largest absolute Gasteiger partial charge is 0.355 e. The molecule has 2 amide bonds. The highest BCUT2D eigenvalue weighted by molar-refractivity contribution is 7.92. The highest BCUT2D eigenvalue weighted by Crippen LogP contribution is 2.29. The molecule has 1 atom stereocenters. The van der Waals surface area contributed by atoms with Crippen molar-refractivity contribution in [2.75, 3.05) is 17.4 Å². The van der Waals surface area contributed by atoms with E-state index in [2.05, 4.69) is 5.32 Å². The molecule has 0 saturated heterocycles. The van der Waals surface area contributed by atoms with Crippen molar-refractivity contribution in [1.82, 2.24) is 10.2 Å². The van der Waals surface area contributed by atoms with Crippen LogP contribution >= 0.6 is 23.2 Å². The third-order valence-electron chi connectivity index (χ3n) is 7.23. The van der Waals surface area contributed by atoms with Gasteiger partial charge in [-0.1, -0.05) is 95.5 Å². The van der Waals surface area contributed by atoms with Crippen molar-refractivity contribution in [2.45, 2.75) is 44.7 Å². The minimum Gasteiger partial charge on any atom is -0.355 e. The molecular formula is C34H35Cl2N3O4S. The Bertz CT molecular complexity index is 1710. The van der Waals surface area contributed by atoms with Crippen molar-refractivity contribution >= 4 is 50.7 Å². The molecule has 0 radical (unpaired) electrons. The number of amides is 2. The molecule has 0 bridgehead atoms. The van der Waals surface area contributed by atoms with Gasteiger partial charge in [-0.3, -0.25) is 13.9 Å². The number of aryl methyl sites for hydroxylation is 2. The molecule has 0 saturated carbocycles. The summed E-state index contributed by atoms with van der Waals surface area (Å²) in [5, 5.41) is 3.51. The number of halogens is 2. The van der Waals surface area contributed by atoms with Gasteiger partial charge in [0.2, 0.25) is 11.8 Å². The third kappa shape index (κ3) is 8.00. The van der Waals surface area contributed by atoms with Crippen LogP contribution in [0.15, 0.2) is 102 Å². The minimum atomic E-state index is -4.18. The van der Waals surface area contributed by atoms with E-state index in [1.165, 1.54) is 17.0 Å². The highest BCUT2D eigenvalue weighted by Gasteiger charge is 2.35. The molecule has 0 spiro atoms. The predicted octanol–water partition coefficient (Wildman–Crippen LogP) is 6.58. The van der Waals surface area contributed by atoms with Crippen LogP contribution in [0.2, 0.25) is 10.0 Å². The van der Waals surface area contributed by atoms with Crippen LogP contribution in [0.3, 0.4) is 0 Å². The van der Waals surface area contributed by atoms with Gasteiger partial charge in [-0.05, 0) is 67.8 Å². The average molecular weight is 653 g/mol. The van der Waals surface area contributed by atoms with Crippen LogP contribution in [0.25, 0.3) is 0 Å². The molecule has 7 nitrogen and oxygen atoms in total. The first-order chi connectivity index (χ1) is 21.0. The van der Waals surface area contributed by atoms with Crippen LogP contribution in [0.1, 0.15) is 29.2 Å². The molecule has 0 aliphatic carbocycles. The fourth-order valence-corrected chi connectivity index (χ4v) is 6.67. The van der Waals surface area contributed by atoms with E-state index >= 15 is 0 Å². The second-order valence-electron chi connectivity index (χ2n) is 10.5. The van der Waals surface area contributed by atoms with Crippen LogP contribution in [-0.2, 0) is 32.6 Å². The Morgan fingerprint density at radius 3 is 2.11 bits per heavy atom. The summed E-state index contributed by atoms with van der Waals surface area (Å²) in [7, 11) is -4.18. The zero-order valence-corrected chi connectivity index (χ0v) is 27.2. The van der Waals surface area contributed by atoms with Gasteiger partial charge in [-0.15, -0.1) is 0 Å². The highest BCUT2D eigenvalue weighted by atomic mass is 35.5. The second-order valence-corrected chi connectivity index (χ2v) is 13.2. The summed E-state index contributed by atoms with van der Waals surface area (Å²) < 4.78 is 29.4. The number of nitrogens with zero attached hydrogens (tertiary/aromatic N) is 2. The smallest absolute Gasteiger partial charge is 0.264 e. The molecule has 0 unspecified atom stereocenters. The Hall–Kier alpha value is -3.85. The second kappa shape index (κ2) is 14.8. The molecule has 0 aliphatic heterocycles. The van der Waals surface area contributed by atoms with E-state index in [0.29, 0.717) is 33.4 Å². The zero-order valence-electron chi connectivity index (χ0n) is 24.8. The van der Waals surface area contributed by atoms with Gasteiger partial charge in [0.25, 0.3) is 10.0 Å². The first-order valence-electron chi connectivity index (χ1n) is 14.2. The van der Waals surface area contributed by atoms with E-state index in [0.717, 1.165) is 15.4 Å². The molecule has 0 aliphatic rings. The van der Waals surface area contributed by atoms with Gasteiger partial charge in [-0.25, -0.2) is 8.42 Å². The van der Waals surface area contributed by atoms with Crippen LogP contribution < -0.4 is 9.62 Å². The summed E-state index contributed by atoms with van der Waals surface area (Å²) in [4.78, 5) is 29.5. The van der Waals surface area contributed by atoms with Crippen LogP contribution in [-0.4, -0.2) is 44.3 Å². The fourth-order valence-electron chi connectivity index (χ4n) is 4.87. The van der Waals surface area contributed by atoms with Crippen molar-refractivity contribution < 1.29 is 18.0 Å². The van der Waals surface area contributed by atoms with E-state index in [9.17, 15) is 18.0 Å². The maximum atomic E-state index is 14.4. The molecule has 44 heavy (non-hydrogen) atoms. The molecule has 0 fully saturated rings. The van der Waals surface area contributed by atoms with Gasteiger partial charge in [0.1, 0.15) is 12.6 Å². The van der Waals surface area contributed by atoms with Gasteiger partial charge in [-0.2, -0.15) is 0 Å². The van der Waals surface area contributed by atoms with Crippen LogP contribution in [0, 0.1) is 13.8 Å². The Kier molecular flexibility index (Phi) is 11.1. The monoisotopic (exact) mass is 651 g/mol. The summed E-state index contributed by atoms with van der Waals surface area (Å²) in [5.41, 5.74) is 3.43. The summed E-state index contributed by atoms with van der Waals surface area (Å²) in [5.74, 6) is -0.907. The number of sulfonamides is 1. The van der Waals surface area contributed by atoms with E-state index in [-0.39, 0.29) is 23.8 Å². The first kappa shape index (κ1) is 33.1.